The summed E-state index contributed by atoms with van der Waals surface area (Å²) in [6, 6.07) is 6.25. The molecule has 0 atom stereocenters. The number of rotatable bonds is 7. The number of aliphatic hydroxyl groups excluding tert-OH is 1. The molecule has 1 aromatic carbocycles. The maximum Gasteiger partial charge on any atom is 0.240 e. The quantitative estimate of drug-likeness (QED) is 0.753. The predicted octanol–water partition coefficient (Wildman–Crippen LogP) is 1.77. The first-order valence-corrected chi connectivity index (χ1v) is 8.06. The van der Waals surface area contributed by atoms with Crippen LogP contribution in [0.1, 0.15) is 27.2 Å². The highest BCUT2D eigenvalue weighted by molar-refractivity contribution is 7.89. The minimum Gasteiger partial charge on any atom is -0.494 e. The first-order chi connectivity index (χ1) is 9.24. The van der Waals surface area contributed by atoms with Crippen LogP contribution < -0.4 is 9.46 Å². The van der Waals surface area contributed by atoms with E-state index >= 15 is 0 Å². The van der Waals surface area contributed by atoms with Crippen LogP contribution >= 0.6 is 0 Å². The zero-order valence-electron chi connectivity index (χ0n) is 12.2. The van der Waals surface area contributed by atoms with Crippen molar-refractivity contribution in [3.8, 4) is 5.75 Å². The Kier molecular flexibility index (Phi) is 5.98. The molecule has 0 aliphatic heterocycles. The number of ether oxygens (including phenoxy) is 1. The summed E-state index contributed by atoms with van der Waals surface area (Å²) < 4.78 is 32.1. The fourth-order valence-electron chi connectivity index (χ4n) is 1.36. The van der Waals surface area contributed by atoms with Crippen LogP contribution in [0.15, 0.2) is 29.2 Å². The Bertz CT molecular complexity index is 503. The van der Waals surface area contributed by atoms with Gasteiger partial charge in [-0.2, -0.15) is 0 Å². The van der Waals surface area contributed by atoms with Gasteiger partial charge in [-0.1, -0.05) is 20.8 Å². The maximum absolute atomic E-state index is 12.1. The van der Waals surface area contributed by atoms with Crippen LogP contribution in [0.4, 0.5) is 0 Å². The lowest BCUT2D eigenvalue weighted by Crippen LogP contribution is -2.32. The Morgan fingerprint density at radius 3 is 2.30 bits per heavy atom. The Labute approximate surface area is 121 Å². The van der Waals surface area contributed by atoms with Crippen LogP contribution in [-0.4, -0.2) is 33.3 Å². The van der Waals surface area contributed by atoms with Gasteiger partial charge in [0.15, 0.2) is 0 Å². The summed E-state index contributed by atoms with van der Waals surface area (Å²) in [5.74, 6) is 0.591. The van der Waals surface area contributed by atoms with Crippen LogP contribution in [0, 0.1) is 5.41 Å². The van der Waals surface area contributed by atoms with Crippen molar-refractivity contribution in [3.05, 3.63) is 24.3 Å². The third-order valence-electron chi connectivity index (χ3n) is 2.50. The van der Waals surface area contributed by atoms with Gasteiger partial charge in [-0.25, -0.2) is 13.1 Å². The van der Waals surface area contributed by atoms with Crippen molar-refractivity contribution in [1.29, 1.82) is 0 Å². The van der Waals surface area contributed by atoms with E-state index in [0.717, 1.165) is 0 Å². The summed E-state index contributed by atoms with van der Waals surface area (Å²) >= 11 is 0. The molecule has 0 aromatic heterocycles. The molecule has 0 amide bonds. The highest BCUT2D eigenvalue weighted by Crippen LogP contribution is 2.17. The molecule has 0 spiro atoms. The van der Waals surface area contributed by atoms with E-state index in [2.05, 4.69) is 4.72 Å². The van der Waals surface area contributed by atoms with Crippen LogP contribution in [0.3, 0.4) is 0 Å². The lowest BCUT2D eigenvalue weighted by atomic mass is 9.98. The largest absolute Gasteiger partial charge is 0.494 e. The van der Waals surface area contributed by atoms with E-state index in [1.807, 2.05) is 20.8 Å². The van der Waals surface area contributed by atoms with Gasteiger partial charge in [0.05, 0.1) is 11.5 Å². The number of sulfonamides is 1. The molecule has 0 aliphatic rings. The summed E-state index contributed by atoms with van der Waals surface area (Å²) in [5.41, 5.74) is -0.111. The molecule has 0 heterocycles. The molecule has 0 bridgehead atoms. The van der Waals surface area contributed by atoms with Gasteiger partial charge in [-0.05, 0) is 29.7 Å². The number of nitrogens with one attached hydrogen (secondary N) is 1. The Morgan fingerprint density at radius 1 is 1.20 bits per heavy atom. The van der Waals surface area contributed by atoms with Gasteiger partial charge in [0.2, 0.25) is 10.0 Å². The fourth-order valence-corrected chi connectivity index (χ4v) is 2.65. The first-order valence-electron chi connectivity index (χ1n) is 6.58. The number of aliphatic hydroxyl groups is 1. The second-order valence-corrected chi connectivity index (χ2v) is 7.55. The maximum atomic E-state index is 12.1. The molecule has 2 N–H and O–H groups in total. The first kappa shape index (κ1) is 16.9. The number of benzene rings is 1. The molecule has 5 nitrogen and oxygen atoms in total. The molecule has 0 saturated heterocycles. The lowest BCUT2D eigenvalue weighted by molar-refractivity contribution is 0.233. The standard InChI is InChI=1S/C14H23NO4S/c1-14(2,3)11-15-20(17,18)13-7-5-12(6-8-13)19-10-4-9-16/h5-8,15-16H,4,9-11H2,1-3H3. The van der Waals surface area contributed by atoms with Crippen molar-refractivity contribution in [1.82, 2.24) is 4.72 Å². The van der Waals surface area contributed by atoms with Crippen molar-refractivity contribution in [2.45, 2.75) is 32.1 Å². The molecule has 1 rings (SSSR count). The van der Waals surface area contributed by atoms with Crippen molar-refractivity contribution >= 4 is 10.0 Å². The molecule has 20 heavy (non-hydrogen) atoms. The van der Waals surface area contributed by atoms with Crippen molar-refractivity contribution in [3.63, 3.8) is 0 Å². The summed E-state index contributed by atoms with van der Waals surface area (Å²) in [6.45, 7) is 6.76. The molecule has 114 valence electrons. The number of hydrogen-bond acceptors (Lipinski definition) is 4. The molecule has 6 heteroatoms. The third kappa shape index (κ3) is 5.90. The van der Waals surface area contributed by atoms with E-state index in [0.29, 0.717) is 25.3 Å². The highest BCUT2D eigenvalue weighted by atomic mass is 32.2. The van der Waals surface area contributed by atoms with Gasteiger partial charge < -0.3 is 9.84 Å². The van der Waals surface area contributed by atoms with Crippen LogP contribution in [0.2, 0.25) is 0 Å². The Balaban J connectivity index is 2.67. The summed E-state index contributed by atoms with van der Waals surface area (Å²) in [5, 5.41) is 8.65. The van der Waals surface area contributed by atoms with E-state index in [1.54, 1.807) is 12.1 Å². The molecular formula is C14H23NO4S. The molecule has 1 aromatic rings. The van der Waals surface area contributed by atoms with Gasteiger partial charge >= 0.3 is 0 Å². The molecule has 0 unspecified atom stereocenters. The Hall–Kier alpha value is -1.11. The minimum absolute atomic E-state index is 0.0726. The van der Waals surface area contributed by atoms with Gasteiger partial charge in [0.1, 0.15) is 5.75 Å². The van der Waals surface area contributed by atoms with Crippen molar-refractivity contribution in [2.75, 3.05) is 19.8 Å². The summed E-state index contributed by atoms with van der Waals surface area (Å²) in [4.78, 5) is 0.219. The molecule has 0 aliphatic carbocycles. The molecule has 0 radical (unpaired) electrons. The van der Waals surface area contributed by atoms with Gasteiger partial charge in [0, 0.05) is 19.6 Å². The zero-order chi connectivity index (χ0) is 15.2. The highest BCUT2D eigenvalue weighted by Gasteiger charge is 2.18. The van der Waals surface area contributed by atoms with E-state index < -0.39 is 10.0 Å². The molecule has 0 fully saturated rings. The van der Waals surface area contributed by atoms with E-state index in [-0.39, 0.29) is 16.9 Å². The van der Waals surface area contributed by atoms with E-state index in [9.17, 15) is 8.42 Å². The predicted molar refractivity (Wildman–Crippen MR) is 78.3 cm³/mol. The van der Waals surface area contributed by atoms with Crippen molar-refractivity contribution in [2.24, 2.45) is 5.41 Å². The third-order valence-corrected chi connectivity index (χ3v) is 3.91. The fraction of sp³-hybridized carbons (Fsp3) is 0.571. The topological polar surface area (TPSA) is 75.6 Å². The van der Waals surface area contributed by atoms with E-state index in [4.69, 9.17) is 9.84 Å². The number of hydrogen-bond donors (Lipinski definition) is 2. The van der Waals surface area contributed by atoms with Crippen LogP contribution in [-0.2, 0) is 10.0 Å². The lowest BCUT2D eigenvalue weighted by Gasteiger charge is -2.18. The summed E-state index contributed by atoms with van der Waals surface area (Å²) in [6.07, 6.45) is 0.549. The second-order valence-electron chi connectivity index (χ2n) is 5.78. The monoisotopic (exact) mass is 301 g/mol. The zero-order valence-corrected chi connectivity index (χ0v) is 13.0. The normalized spacial score (nSPS) is 12.4. The van der Waals surface area contributed by atoms with Gasteiger partial charge in [-0.3, -0.25) is 0 Å². The average molecular weight is 301 g/mol. The molecular weight excluding hydrogens is 278 g/mol. The van der Waals surface area contributed by atoms with Gasteiger partial charge in [0.25, 0.3) is 0 Å². The van der Waals surface area contributed by atoms with Crippen molar-refractivity contribution < 1.29 is 18.3 Å². The smallest absolute Gasteiger partial charge is 0.240 e. The SMILES string of the molecule is CC(C)(C)CNS(=O)(=O)c1ccc(OCCCO)cc1. The average Bonchev–Trinajstić information content (AvgIpc) is 2.37. The minimum atomic E-state index is -3.48. The Morgan fingerprint density at radius 2 is 1.80 bits per heavy atom. The summed E-state index contributed by atoms with van der Waals surface area (Å²) in [7, 11) is -3.48. The molecule has 0 saturated carbocycles. The van der Waals surface area contributed by atoms with Gasteiger partial charge in [-0.15, -0.1) is 0 Å². The van der Waals surface area contributed by atoms with Crippen LogP contribution in [0.5, 0.6) is 5.75 Å². The second kappa shape index (κ2) is 7.06. The van der Waals surface area contributed by atoms with E-state index in [1.165, 1.54) is 12.1 Å². The van der Waals surface area contributed by atoms with Crippen LogP contribution in [0.25, 0.3) is 0 Å².